The Kier molecular flexibility index (Phi) is 13.1. The van der Waals surface area contributed by atoms with Gasteiger partial charge in [0.2, 0.25) is 5.28 Å². The number of methoxy groups -OCH3 is 1. The first kappa shape index (κ1) is 30.5. The third-order valence-electron chi connectivity index (χ3n) is 6.61. The molecule has 36 heavy (non-hydrogen) atoms. The molecule has 0 aliphatic carbocycles. The summed E-state index contributed by atoms with van der Waals surface area (Å²) in [5.41, 5.74) is 0.807. The van der Waals surface area contributed by atoms with Crippen LogP contribution in [0.2, 0.25) is 5.28 Å². The van der Waals surface area contributed by atoms with E-state index in [4.69, 9.17) is 11.6 Å². The minimum Gasteiger partial charge on any atom is -0.469 e. The van der Waals surface area contributed by atoms with E-state index in [2.05, 4.69) is 19.7 Å². The Morgan fingerprint density at radius 1 is 0.861 bits per heavy atom. The lowest BCUT2D eigenvalue weighted by Crippen LogP contribution is -2.18. The van der Waals surface area contributed by atoms with Gasteiger partial charge in [-0.1, -0.05) is 70.6 Å². The number of aryl methyl sites for hydroxylation is 2. The van der Waals surface area contributed by atoms with E-state index in [1.54, 1.807) is 13.8 Å². The molecular formula is C26H43ClN4O4S. The lowest BCUT2D eigenvalue weighted by atomic mass is 10.0. The lowest BCUT2D eigenvalue weighted by molar-refractivity contribution is -0.140. The number of nitrogens with zero attached hydrogens (tertiary/aromatic N) is 4. The summed E-state index contributed by atoms with van der Waals surface area (Å²) in [7, 11) is -2.17. The predicted octanol–water partition coefficient (Wildman–Crippen LogP) is 6.60. The Morgan fingerprint density at radius 3 is 1.86 bits per heavy atom. The molecule has 2 heterocycles. The van der Waals surface area contributed by atoms with E-state index in [0.717, 1.165) is 31.5 Å². The fourth-order valence-electron chi connectivity index (χ4n) is 4.37. The summed E-state index contributed by atoms with van der Waals surface area (Å²) in [6.07, 6.45) is 15.9. The number of esters is 1. The third-order valence-corrected chi connectivity index (χ3v) is 8.85. The van der Waals surface area contributed by atoms with Gasteiger partial charge in [0.15, 0.2) is 20.5 Å². The van der Waals surface area contributed by atoms with E-state index in [9.17, 15) is 13.2 Å². The van der Waals surface area contributed by atoms with Crippen LogP contribution in [0.4, 0.5) is 0 Å². The molecule has 0 saturated heterocycles. The molecule has 8 nitrogen and oxygen atoms in total. The van der Waals surface area contributed by atoms with Crippen LogP contribution in [0.25, 0.3) is 11.2 Å². The fraction of sp³-hybridized carbons (Fsp3) is 0.769. The molecular weight excluding hydrogens is 500 g/mol. The van der Waals surface area contributed by atoms with Crippen LogP contribution in [-0.2, 0) is 25.9 Å². The summed E-state index contributed by atoms with van der Waals surface area (Å²) in [4.78, 5) is 23.8. The number of halogens is 1. The van der Waals surface area contributed by atoms with Gasteiger partial charge < -0.3 is 9.30 Å². The second kappa shape index (κ2) is 15.5. The molecule has 0 amide bonds. The average molecular weight is 543 g/mol. The van der Waals surface area contributed by atoms with Gasteiger partial charge in [0.25, 0.3) is 0 Å². The number of imidazole rings is 1. The zero-order valence-electron chi connectivity index (χ0n) is 22.4. The predicted molar refractivity (Wildman–Crippen MR) is 144 cm³/mol. The highest BCUT2D eigenvalue weighted by Gasteiger charge is 2.28. The number of hydrogen-bond acceptors (Lipinski definition) is 7. The highest BCUT2D eigenvalue weighted by Crippen LogP contribution is 2.26. The van der Waals surface area contributed by atoms with Crippen LogP contribution in [0.5, 0.6) is 0 Å². The summed E-state index contributed by atoms with van der Waals surface area (Å²) < 4.78 is 32.4. The van der Waals surface area contributed by atoms with Crippen LogP contribution >= 0.6 is 11.6 Å². The molecule has 0 aliphatic rings. The number of carbonyl (C=O) groups is 1. The Hall–Kier alpha value is -1.74. The highest BCUT2D eigenvalue weighted by atomic mass is 35.5. The number of fused-ring (bicyclic) bond motifs is 1. The Bertz CT molecular complexity index is 1070. The fourth-order valence-corrected chi connectivity index (χ4v) is 5.71. The maximum atomic E-state index is 12.9. The maximum Gasteiger partial charge on any atom is 0.305 e. The molecule has 0 radical (unpaired) electrons. The summed E-state index contributed by atoms with van der Waals surface area (Å²) in [6, 6.07) is 0. The van der Waals surface area contributed by atoms with Crippen molar-refractivity contribution in [2.45, 2.75) is 127 Å². The third kappa shape index (κ3) is 9.29. The van der Waals surface area contributed by atoms with Crippen molar-refractivity contribution >= 4 is 38.6 Å². The topological polar surface area (TPSA) is 104 Å². The first-order chi connectivity index (χ1) is 17.2. The van der Waals surface area contributed by atoms with Crippen LogP contribution in [0.3, 0.4) is 0 Å². The van der Waals surface area contributed by atoms with Crippen molar-refractivity contribution in [1.29, 1.82) is 0 Å². The van der Waals surface area contributed by atoms with Gasteiger partial charge >= 0.3 is 5.97 Å². The standard InChI is InChI=1S/C26H43ClN4O4S/c1-20(2)36(33,34)25-23-24(29-26(27)30-25)28-21(3)31(23)19-17-15-13-11-9-7-5-6-8-10-12-14-16-18-22(32)35-4/h20H,5-19H2,1-4H3. The molecule has 0 aliphatic heterocycles. The van der Waals surface area contributed by atoms with Gasteiger partial charge in [-0.25, -0.2) is 18.4 Å². The van der Waals surface area contributed by atoms with Crippen LogP contribution in [0, 0.1) is 6.92 Å². The molecule has 0 unspecified atom stereocenters. The van der Waals surface area contributed by atoms with Gasteiger partial charge in [-0.3, -0.25) is 4.79 Å². The molecule has 2 aromatic rings. The number of hydrogen-bond donors (Lipinski definition) is 0. The monoisotopic (exact) mass is 542 g/mol. The number of aromatic nitrogens is 4. The molecule has 2 aromatic heterocycles. The van der Waals surface area contributed by atoms with E-state index in [0.29, 0.717) is 24.1 Å². The van der Waals surface area contributed by atoms with Gasteiger partial charge in [0.05, 0.1) is 12.4 Å². The maximum absolute atomic E-state index is 12.9. The average Bonchev–Trinajstić information content (AvgIpc) is 3.14. The van der Waals surface area contributed by atoms with E-state index >= 15 is 0 Å². The van der Waals surface area contributed by atoms with Crippen LogP contribution in [0.1, 0.15) is 110 Å². The van der Waals surface area contributed by atoms with E-state index in [1.165, 1.54) is 64.9 Å². The molecule has 0 bridgehead atoms. The van der Waals surface area contributed by atoms with Crippen molar-refractivity contribution in [3.05, 3.63) is 11.1 Å². The van der Waals surface area contributed by atoms with E-state index in [1.807, 2.05) is 11.5 Å². The van der Waals surface area contributed by atoms with Gasteiger partial charge in [0.1, 0.15) is 11.3 Å². The van der Waals surface area contributed by atoms with Gasteiger partial charge in [-0.15, -0.1) is 0 Å². The largest absolute Gasteiger partial charge is 0.469 e. The van der Waals surface area contributed by atoms with Gasteiger partial charge in [-0.05, 0) is 45.2 Å². The molecule has 204 valence electrons. The minimum absolute atomic E-state index is 0.0192. The number of sulfone groups is 1. The van der Waals surface area contributed by atoms with Crippen LogP contribution < -0.4 is 0 Å². The van der Waals surface area contributed by atoms with Crippen molar-refractivity contribution in [3.8, 4) is 0 Å². The molecule has 0 atom stereocenters. The molecule has 0 aromatic carbocycles. The smallest absolute Gasteiger partial charge is 0.305 e. The summed E-state index contributed by atoms with van der Waals surface area (Å²) in [5.74, 6) is 0.622. The second-order valence-corrected chi connectivity index (χ2v) is 12.6. The van der Waals surface area contributed by atoms with Gasteiger partial charge in [-0.2, -0.15) is 4.98 Å². The SMILES string of the molecule is COC(=O)CCCCCCCCCCCCCCCn1c(C)nc2nc(Cl)nc(S(=O)(=O)C(C)C)c21. The van der Waals surface area contributed by atoms with E-state index < -0.39 is 15.1 Å². The van der Waals surface area contributed by atoms with Crippen LogP contribution in [0.15, 0.2) is 5.03 Å². The van der Waals surface area contributed by atoms with Crippen molar-refractivity contribution in [2.75, 3.05) is 7.11 Å². The van der Waals surface area contributed by atoms with Crippen LogP contribution in [-0.4, -0.2) is 46.3 Å². The Balaban J connectivity index is 1.65. The molecule has 2 rings (SSSR count). The molecule has 0 fully saturated rings. The minimum atomic E-state index is -3.61. The normalized spacial score (nSPS) is 12.1. The van der Waals surface area contributed by atoms with Crippen molar-refractivity contribution in [3.63, 3.8) is 0 Å². The zero-order valence-corrected chi connectivity index (χ0v) is 24.0. The van der Waals surface area contributed by atoms with E-state index in [-0.39, 0.29) is 16.3 Å². The number of unbranched alkanes of at least 4 members (excludes halogenated alkanes) is 12. The summed E-state index contributed by atoms with van der Waals surface area (Å²) in [6.45, 7) is 5.83. The first-order valence-electron chi connectivity index (χ1n) is 13.4. The van der Waals surface area contributed by atoms with Crippen molar-refractivity contribution in [2.24, 2.45) is 0 Å². The quantitative estimate of drug-likeness (QED) is 0.0903. The number of rotatable bonds is 18. The van der Waals surface area contributed by atoms with Gasteiger partial charge in [0, 0.05) is 13.0 Å². The summed E-state index contributed by atoms with van der Waals surface area (Å²) in [5, 5.41) is -0.718. The summed E-state index contributed by atoms with van der Waals surface area (Å²) >= 11 is 6.00. The number of ether oxygens (including phenoxy) is 1. The first-order valence-corrected chi connectivity index (χ1v) is 15.3. The number of carbonyl (C=O) groups excluding carboxylic acids is 1. The van der Waals surface area contributed by atoms with Crippen molar-refractivity contribution in [1.82, 2.24) is 19.5 Å². The van der Waals surface area contributed by atoms with Crippen molar-refractivity contribution < 1.29 is 17.9 Å². The Labute approximate surface area is 221 Å². The second-order valence-electron chi connectivity index (χ2n) is 9.80. The molecule has 10 heteroatoms. The molecule has 0 N–H and O–H groups in total. The molecule has 0 saturated carbocycles. The zero-order chi connectivity index (χ0) is 26.6. The molecule has 0 spiro atoms. The Morgan fingerprint density at radius 2 is 1.36 bits per heavy atom. The highest BCUT2D eigenvalue weighted by molar-refractivity contribution is 7.92. The lowest BCUT2D eigenvalue weighted by Gasteiger charge is -2.12.